The Hall–Kier alpha value is -0.900. The number of aliphatic hydroxyl groups is 2. The van der Waals surface area contributed by atoms with Crippen LogP contribution in [0.4, 0.5) is 0 Å². The molecule has 2 atom stereocenters. The quantitative estimate of drug-likeness (QED) is 0.663. The van der Waals surface area contributed by atoms with E-state index in [4.69, 9.17) is 5.73 Å². The van der Waals surface area contributed by atoms with Crippen molar-refractivity contribution in [1.82, 2.24) is 0 Å². The number of benzene rings is 1. The van der Waals surface area contributed by atoms with Crippen LogP contribution in [0.15, 0.2) is 24.3 Å². The van der Waals surface area contributed by atoms with E-state index in [0.717, 1.165) is 11.1 Å². The summed E-state index contributed by atoms with van der Waals surface area (Å²) in [7, 11) is 0. The smallest absolute Gasteiger partial charge is 0.105 e. The van der Waals surface area contributed by atoms with Crippen molar-refractivity contribution in [3.05, 3.63) is 35.4 Å². The van der Waals surface area contributed by atoms with Crippen LogP contribution in [-0.2, 0) is 0 Å². The van der Waals surface area contributed by atoms with Crippen LogP contribution in [0, 0.1) is 6.92 Å². The topological polar surface area (TPSA) is 66.5 Å². The van der Waals surface area contributed by atoms with Crippen molar-refractivity contribution in [2.24, 2.45) is 5.73 Å². The van der Waals surface area contributed by atoms with Gasteiger partial charge >= 0.3 is 0 Å². The molecule has 0 radical (unpaired) electrons. The molecule has 4 N–H and O–H groups in total. The van der Waals surface area contributed by atoms with Crippen molar-refractivity contribution in [2.75, 3.05) is 6.54 Å². The van der Waals surface area contributed by atoms with Crippen LogP contribution in [0.5, 0.6) is 0 Å². The van der Waals surface area contributed by atoms with Gasteiger partial charge in [-0.05, 0) is 25.5 Å². The van der Waals surface area contributed by atoms with Gasteiger partial charge in [-0.15, -0.1) is 0 Å². The highest BCUT2D eigenvalue weighted by atomic mass is 16.3. The number of nitrogens with two attached hydrogens (primary N) is 1. The lowest BCUT2D eigenvalue weighted by Crippen LogP contribution is -2.21. The summed E-state index contributed by atoms with van der Waals surface area (Å²) >= 11 is 0. The van der Waals surface area contributed by atoms with Crippen LogP contribution in [-0.4, -0.2) is 22.9 Å². The Kier molecular flexibility index (Phi) is 4.07. The van der Waals surface area contributed by atoms with E-state index in [2.05, 4.69) is 0 Å². The van der Waals surface area contributed by atoms with Gasteiger partial charge in [-0.2, -0.15) is 0 Å². The molecule has 0 bridgehead atoms. The number of rotatable bonds is 4. The van der Waals surface area contributed by atoms with E-state index in [0.29, 0.717) is 13.0 Å². The van der Waals surface area contributed by atoms with E-state index in [1.807, 2.05) is 25.1 Å². The monoisotopic (exact) mass is 195 g/mol. The van der Waals surface area contributed by atoms with Crippen molar-refractivity contribution >= 4 is 0 Å². The standard InChI is InChI=1S/C11H17NO2/c1-8-3-2-4-9(7-8)11(14)10(13)5-6-12/h2-4,7,10-11,13-14H,5-6,12H2,1H3. The van der Waals surface area contributed by atoms with E-state index < -0.39 is 12.2 Å². The third kappa shape index (κ3) is 2.80. The van der Waals surface area contributed by atoms with Crippen LogP contribution in [0.2, 0.25) is 0 Å². The van der Waals surface area contributed by atoms with Crippen molar-refractivity contribution in [1.29, 1.82) is 0 Å². The molecule has 1 rings (SSSR count). The van der Waals surface area contributed by atoms with E-state index in [1.54, 1.807) is 6.07 Å². The summed E-state index contributed by atoms with van der Waals surface area (Å²) in [6.07, 6.45) is -1.20. The first-order valence-corrected chi connectivity index (χ1v) is 4.78. The van der Waals surface area contributed by atoms with Gasteiger partial charge in [0.2, 0.25) is 0 Å². The van der Waals surface area contributed by atoms with Crippen molar-refractivity contribution in [3.63, 3.8) is 0 Å². The number of hydrogen-bond donors (Lipinski definition) is 3. The Morgan fingerprint density at radius 1 is 1.36 bits per heavy atom. The SMILES string of the molecule is Cc1cccc(C(O)C(O)CCN)c1. The van der Waals surface area contributed by atoms with Gasteiger partial charge in [-0.3, -0.25) is 0 Å². The van der Waals surface area contributed by atoms with Crippen LogP contribution >= 0.6 is 0 Å². The third-order valence-corrected chi connectivity index (χ3v) is 2.21. The maximum absolute atomic E-state index is 9.74. The van der Waals surface area contributed by atoms with E-state index in [9.17, 15) is 10.2 Å². The van der Waals surface area contributed by atoms with Crippen LogP contribution in [0.25, 0.3) is 0 Å². The summed E-state index contributed by atoms with van der Waals surface area (Å²) in [4.78, 5) is 0. The zero-order chi connectivity index (χ0) is 10.6. The summed E-state index contributed by atoms with van der Waals surface area (Å²) in [6, 6.07) is 7.48. The van der Waals surface area contributed by atoms with Gasteiger partial charge in [0, 0.05) is 0 Å². The highest BCUT2D eigenvalue weighted by Gasteiger charge is 2.16. The summed E-state index contributed by atoms with van der Waals surface area (Å²) in [5.74, 6) is 0. The summed E-state index contributed by atoms with van der Waals surface area (Å²) in [5, 5.41) is 19.3. The normalized spacial score (nSPS) is 15.1. The predicted molar refractivity (Wildman–Crippen MR) is 55.8 cm³/mol. The van der Waals surface area contributed by atoms with Gasteiger partial charge in [0.1, 0.15) is 6.10 Å². The zero-order valence-electron chi connectivity index (χ0n) is 8.35. The first-order chi connectivity index (χ1) is 6.65. The minimum atomic E-state index is -0.835. The van der Waals surface area contributed by atoms with E-state index in [-0.39, 0.29) is 0 Å². The predicted octanol–water partition coefficient (Wildman–Crippen LogP) is 0.738. The molecule has 0 amide bonds. The summed E-state index contributed by atoms with van der Waals surface area (Å²) in [6.45, 7) is 2.33. The molecule has 0 aromatic heterocycles. The molecule has 3 heteroatoms. The Morgan fingerprint density at radius 3 is 2.64 bits per heavy atom. The van der Waals surface area contributed by atoms with Gasteiger partial charge in [-0.1, -0.05) is 29.8 Å². The molecule has 14 heavy (non-hydrogen) atoms. The molecule has 0 aliphatic rings. The Morgan fingerprint density at radius 2 is 2.07 bits per heavy atom. The molecule has 1 aromatic carbocycles. The second-order valence-electron chi connectivity index (χ2n) is 3.50. The molecule has 1 aromatic rings. The first kappa shape index (κ1) is 11.2. The third-order valence-electron chi connectivity index (χ3n) is 2.21. The van der Waals surface area contributed by atoms with Crippen molar-refractivity contribution < 1.29 is 10.2 Å². The maximum atomic E-state index is 9.74. The second kappa shape index (κ2) is 5.10. The summed E-state index contributed by atoms with van der Waals surface area (Å²) < 4.78 is 0. The molecule has 0 heterocycles. The minimum absolute atomic E-state index is 0.379. The minimum Gasteiger partial charge on any atom is -0.390 e. The van der Waals surface area contributed by atoms with Gasteiger partial charge in [0.25, 0.3) is 0 Å². The van der Waals surface area contributed by atoms with Crippen molar-refractivity contribution in [3.8, 4) is 0 Å². The van der Waals surface area contributed by atoms with Crippen LogP contribution < -0.4 is 5.73 Å². The fourth-order valence-electron chi connectivity index (χ4n) is 1.40. The largest absolute Gasteiger partial charge is 0.390 e. The van der Waals surface area contributed by atoms with Gasteiger partial charge in [0.05, 0.1) is 6.10 Å². The summed E-state index contributed by atoms with van der Waals surface area (Å²) in [5.41, 5.74) is 7.12. The molecule has 0 saturated carbocycles. The molecule has 0 aliphatic carbocycles. The molecule has 0 spiro atoms. The van der Waals surface area contributed by atoms with Crippen LogP contribution in [0.1, 0.15) is 23.7 Å². The highest BCUT2D eigenvalue weighted by molar-refractivity contribution is 5.24. The molecule has 78 valence electrons. The molecule has 0 fully saturated rings. The average molecular weight is 195 g/mol. The number of aryl methyl sites for hydroxylation is 1. The zero-order valence-corrected chi connectivity index (χ0v) is 8.35. The van der Waals surface area contributed by atoms with Crippen molar-refractivity contribution in [2.45, 2.75) is 25.6 Å². The number of hydrogen-bond acceptors (Lipinski definition) is 3. The average Bonchev–Trinajstić information content (AvgIpc) is 2.17. The molecule has 0 aliphatic heterocycles. The lowest BCUT2D eigenvalue weighted by Gasteiger charge is -2.17. The van der Waals surface area contributed by atoms with Gasteiger partial charge in [-0.25, -0.2) is 0 Å². The second-order valence-corrected chi connectivity index (χ2v) is 3.50. The molecular weight excluding hydrogens is 178 g/mol. The van der Waals surface area contributed by atoms with E-state index >= 15 is 0 Å². The fourth-order valence-corrected chi connectivity index (χ4v) is 1.40. The van der Waals surface area contributed by atoms with Crippen LogP contribution in [0.3, 0.4) is 0 Å². The highest BCUT2D eigenvalue weighted by Crippen LogP contribution is 2.19. The Balaban J connectivity index is 2.73. The van der Waals surface area contributed by atoms with E-state index in [1.165, 1.54) is 0 Å². The first-order valence-electron chi connectivity index (χ1n) is 4.78. The molecule has 2 unspecified atom stereocenters. The molecule has 0 saturated heterocycles. The number of aliphatic hydroxyl groups excluding tert-OH is 2. The maximum Gasteiger partial charge on any atom is 0.105 e. The fraction of sp³-hybridized carbons (Fsp3) is 0.455. The van der Waals surface area contributed by atoms with Gasteiger partial charge < -0.3 is 15.9 Å². The van der Waals surface area contributed by atoms with Gasteiger partial charge in [0.15, 0.2) is 0 Å². The lowest BCUT2D eigenvalue weighted by atomic mass is 10.0. The Labute approximate surface area is 84.2 Å². The Bertz CT molecular complexity index is 288. The lowest BCUT2D eigenvalue weighted by molar-refractivity contribution is 0.0150. The molecular formula is C11H17NO2. The molecule has 3 nitrogen and oxygen atoms in total.